The van der Waals surface area contributed by atoms with Crippen molar-refractivity contribution in [1.29, 1.82) is 0 Å². The molecule has 0 spiro atoms. The van der Waals surface area contributed by atoms with Crippen molar-refractivity contribution in [3.05, 3.63) is 59.7 Å². The Kier molecular flexibility index (Phi) is 4.47. The number of fused-ring (bicyclic) bond motifs is 1. The van der Waals surface area contributed by atoms with E-state index in [9.17, 15) is 4.79 Å². The summed E-state index contributed by atoms with van der Waals surface area (Å²) in [5.74, 6) is 0.891. The number of hydrogen-bond donors (Lipinski definition) is 2. The fourth-order valence-electron chi connectivity index (χ4n) is 3.21. The molecule has 4 heteroatoms. The first-order valence-corrected chi connectivity index (χ1v) is 8.35. The van der Waals surface area contributed by atoms with Crippen LogP contribution >= 0.6 is 0 Å². The van der Waals surface area contributed by atoms with Gasteiger partial charge in [0.1, 0.15) is 11.4 Å². The number of nitrogen functional groups attached to an aromatic ring is 1. The van der Waals surface area contributed by atoms with Crippen molar-refractivity contribution in [3.63, 3.8) is 0 Å². The largest absolute Gasteiger partial charge is 0.487 e. The van der Waals surface area contributed by atoms with Gasteiger partial charge in [0.15, 0.2) is 0 Å². The maximum absolute atomic E-state index is 12.4. The van der Waals surface area contributed by atoms with Crippen LogP contribution in [-0.2, 0) is 11.2 Å². The number of nitrogens with two attached hydrogens (primary N) is 1. The molecule has 0 saturated heterocycles. The van der Waals surface area contributed by atoms with E-state index < -0.39 is 0 Å². The molecule has 0 bridgehead atoms. The van der Waals surface area contributed by atoms with Crippen LogP contribution in [0.2, 0.25) is 0 Å². The topological polar surface area (TPSA) is 64.4 Å². The van der Waals surface area contributed by atoms with E-state index in [-0.39, 0.29) is 17.6 Å². The SMILES string of the molecule is CC1(C)CC(NC(=O)CCc2ccccc2N)c2ccccc2O1. The van der Waals surface area contributed by atoms with Gasteiger partial charge in [0.25, 0.3) is 0 Å². The Bertz CT molecular complexity index is 740. The normalized spacial score (nSPS) is 18.3. The van der Waals surface area contributed by atoms with Crippen molar-refractivity contribution < 1.29 is 9.53 Å². The fourth-order valence-corrected chi connectivity index (χ4v) is 3.21. The van der Waals surface area contributed by atoms with Crippen LogP contribution in [0.3, 0.4) is 0 Å². The number of hydrogen-bond acceptors (Lipinski definition) is 3. The van der Waals surface area contributed by atoms with Crippen molar-refractivity contribution in [1.82, 2.24) is 5.32 Å². The highest BCUT2D eigenvalue weighted by atomic mass is 16.5. The average Bonchev–Trinajstić information content (AvgIpc) is 2.53. The predicted octanol–water partition coefficient (Wildman–Crippen LogP) is 3.62. The molecule has 1 atom stereocenters. The molecule has 4 nitrogen and oxygen atoms in total. The predicted molar refractivity (Wildman–Crippen MR) is 95.8 cm³/mol. The minimum absolute atomic E-state index is 0.0226. The van der Waals surface area contributed by atoms with E-state index in [0.717, 1.165) is 29.0 Å². The second-order valence-corrected chi connectivity index (χ2v) is 6.92. The van der Waals surface area contributed by atoms with Crippen LogP contribution in [0, 0.1) is 0 Å². The zero-order valence-corrected chi connectivity index (χ0v) is 14.2. The summed E-state index contributed by atoms with van der Waals surface area (Å²) in [6.45, 7) is 4.10. The van der Waals surface area contributed by atoms with Gasteiger partial charge in [-0.25, -0.2) is 0 Å². The van der Waals surface area contributed by atoms with Crippen molar-refractivity contribution in [2.24, 2.45) is 0 Å². The summed E-state index contributed by atoms with van der Waals surface area (Å²) in [7, 11) is 0. The first-order valence-electron chi connectivity index (χ1n) is 8.35. The van der Waals surface area contributed by atoms with Crippen LogP contribution in [0.25, 0.3) is 0 Å². The number of rotatable bonds is 4. The van der Waals surface area contributed by atoms with Crippen LogP contribution in [0.4, 0.5) is 5.69 Å². The zero-order chi connectivity index (χ0) is 17.2. The molecule has 3 rings (SSSR count). The zero-order valence-electron chi connectivity index (χ0n) is 14.2. The molecular weight excluding hydrogens is 300 g/mol. The summed E-state index contributed by atoms with van der Waals surface area (Å²) in [6.07, 6.45) is 1.82. The summed E-state index contributed by atoms with van der Waals surface area (Å²) >= 11 is 0. The van der Waals surface area contributed by atoms with Crippen molar-refractivity contribution in [2.75, 3.05) is 5.73 Å². The molecule has 0 saturated carbocycles. The third-order valence-corrected chi connectivity index (χ3v) is 4.39. The molecule has 0 fully saturated rings. The van der Waals surface area contributed by atoms with E-state index in [1.54, 1.807) is 0 Å². The molecule has 1 heterocycles. The van der Waals surface area contributed by atoms with E-state index in [0.29, 0.717) is 12.8 Å². The Hall–Kier alpha value is -2.49. The smallest absolute Gasteiger partial charge is 0.220 e. The van der Waals surface area contributed by atoms with Gasteiger partial charge in [0.2, 0.25) is 5.91 Å². The molecule has 1 unspecified atom stereocenters. The molecule has 1 aliphatic heterocycles. The maximum Gasteiger partial charge on any atom is 0.220 e. The third-order valence-electron chi connectivity index (χ3n) is 4.39. The Morgan fingerprint density at radius 1 is 1.21 bits per heavy atom. The molecule has 0 radical (unpaired) electrons. The van der Waals surface area contributed by atoms with E-state index in [4.69, 9.17) is 10.5 Å². The summed E-state index contributed by atoms with van der Waals surface area (Å²) in [6, 6.07) is 15.6. The van der Waals surface area contributed by atoms with Gasteiger partial charge < -0.3 is 15.8 Å². The number of amides is 1. The summed E-state index contributed by atoms with van der Waals surface area (Å²) < 4.78 is 6.01. The first-order chi connectivity index (χ1) is 11.4. The van der Waals surface area contributed by atoms with Crippen LogP contribution in [0.15, 0.2) is 48.5 Å². The lowest BCUT2D eigenvalue weighted by atomic mass is 9.89. The van der Waals surface area contributed by atoms with Gasteiger partial charge in [-0.3, -0.25) is 4.79 Å². The highest BCUT2D eigenvalue weighted by Gasteiger charge is 2.34. The Morgan fingerprint density at radius 2 is 1.92 bits per heavy atom. The second kappa shape index (κ2) is 6.56. The highest BCUT2D eigenvalue weighted by molar-refractivity contribution is 5.77. The monoisotopic (exact) mass is 324 g/mol. The quantitative estimate of drug-likeness (QED) is 0.844. The highest BCUT2D eigenvalue weighted by Crippen LogP contribution is 2.39. The summed E-state index contributed by atoms with van der Waals surface area (Å²) in [4.78, 5) is 12.4. The van der Waals surface area contributed by atoms with Gasteiger partial charge in [-0.15, -0.1) is 0 Å². The number of anilines is 1. The maximum atomic E-state index is 12.4. The Labute approximate surface area is 143 Å². The van der Waals surface area contributed by atoms with Crippen LogP contribution < -0.4 is 15.8 Å². The van der Waals surface area contributed by atoms with E-state index in [1.807, 2.05) is 62.4 Å². The lowest BCUT2D eigenvalue weighted by Crippen LogP contribution is -2.41. The van der Waals surface area contributed by atoms with Crippen molar-refractivity contribution in [3.8, 4) is 5.75 Å². The van der Waals surface area contributed by atoms with Gasteiger partial charge in [0, 0.05) is 24.1 Å². The lowest BCUT2D eigenvalue weighted by Gasteiger charge is -2.37. The second-order valence-electron chi connectivity index (χ2n) is 6.92. The van der Waals surface area contributed by atoms with Gasteiger partial charge >= 0.3 is 0 Å². The molecular formula is C20H24N2O2. The van der Waals surface area contributed by atoms with Crippen molar-refractivity contribution >= 4 is 11.6 Å². The number of benzene rings is 2. The van der Waals surface area contributed by atoms with Gasteiger partial charge in [0.05, 0.1) is 6.04 Å². The molecule has 1 amide bonds. The van der Waals surface area contributed by atoms with E-state index in [2.05, 4.69) is 5.32 Å². The minimum Gasteiger partial charge on any atom is -0.487 e. The van der Waals surface area contributed by atoms with Crippen molar-refractivity contribution in [2.45, 2.75) is 44.8 Å². The number of para-hydroxylation sites is 2. The molecule has 1 aliphatic rings. The Morgan fingerprint density at radius 3 is 2.71 bits per heavy atom. The first kappa shape index (κ1) is 16.4. The van der Waals surface area contributed by atoms with E-state index in [1.165, 1.54) is 0 Å². The van der Waals surface area contributed by atoms with Crippen LogP contribution in [0.5, 0.6) is 5.75 Å². The molecule has 2 aromatic carbocycles. The fraction of sp³-hybridized carbons (Fsp3) is 0.350. The number of nitrogens with one attached hydrogen (secondary N) is 1. The van der Waals surface area contributed by atoms with E-state index >= 15 is 0 Å². The van der Waals surface area contributed by atoms with Gasteiger partial charge in [-0.05, 0) is 38.0 Å². The Balaban J connectivity index is 1.67. The molecule has 0 aliphatic carbocycles. The molecule has 24 heavy (non-hydrogen) atoms. The average molecular weight is 324 g/mol. The minimum atomic E-state index is -0.295. The molecule has 2 aromatic rings. The van der Waals surface area contributed by atoms with Crippen LogP contribution in [-0.4, -0.2) is 11.5 Å². The van der Waals surface area contributed by atoms with Gasteiger partial charge in [-0.1, -0.05) is 36.4 Å². The summed E-state index contributed by atoms with van der Waals surface area (Å²) in [5, 5.41) is 3.16. The van der Waals surface area contributed by atoms with Crippen LogP contribution in [0.1, 0.15) is 43.9 Å². The molecule has 0 aromatic heterocycles. The molecule has 3 N–H and O–H groups in total. The lowest BCUT2D eigenvalue weighted by molar-refractivity contribution is -0.122. The standard InChI is InChI=1S/C20H24N2O2/c1-20(2)13-17(15-8-4-6-10-18(15)24-20)22-19(23)12-11-14-7-3-5-9-16(14)21/h3-10,17H,11-13,21H2,1-2H3,(H,22,23). The number of carbonyl (C=O) groups is 1. The number of ether oxygens (including phenoxy) is 1. The number of aryl methyl sites for hydroxylation is 1. The summed E-state index contributed by atoms with van der Waals surface area (Å²) in [5.41, 5.74) is 8.44. The molecule has 126 valence electrons. The van der Waals surface area contributed by atoms with Gasteiger partial charge in [-0.2, -0.15) is 0 Å². The third kappa shape index (κ3) is 3.70. The number of carbonyl (C=O) groups excluding carboxylic acids is 1.